The molecule has 4 aromatic rings. The highest BCUT2D eigenvalue weighted by molar-refractivity contribution is 9.08. The molecule has 4 rings (SSSR count). The van der Waals surface area contributed by atoms with E-state index in [1.54, 1.807) is 31.2 Å². The average molecular weight is 576 g/mol. The Kier molecular flexibility index (Phi) is 7.04. The van der Waals surface area contributed by atoms with E-state index >= 15 is 0 Å². The summed E-state index contributed by atoms with van der Waals surface area (Å²) < 4.78 is 7.56. The van der Waals surface area contributed by atoms with Gasteiger partial charge in [-0.3, -0.25) is 9.59 Å². The maximum atomic E-state index is 13.3. The van der Waals surface area contributed by atoms with Crippen LogP contribution in [-0.2, 0) is 26.7 Å². The molecule has 2 heterocycles. The Hall–Kier alpha value is -2.85. The second kappa shape index (κ2) is 9.96. The predicted octanol–water partition coefficient (Wildman–Crippen LogP) is 3.70. The zero-order valence-electron chi connectivity index (χ0n) is 17.7. The highest BCUT2D eigenvalue weighted by Crippen LogP contribution is 2.20. The van der Waals surface area contributed by atoms with Gasteiger partial charge in [-0.15, -0.1) is 0 Å². The lowest BCUT2D eigenvalue weighted by Crippen LogP contribution is -2.39. The van der Waals surface area contributed by atoms with Crippen molar-refractivity contribution >= 4 is 59.4 Å². The van der Waals surface area contributed by atoms with E-state index < -0.39 is 17.6 Å². The number of halogens is 2. The number of esters is 1. The van der Waals surface area contributed by atoms with Gasteiger partial charge >= 0.3 is 5.97 Å². The second-order valence-corrected chi connectivity index (χ2v) is 8.38. The molecule has 0 saturated heterocycles. The van der Waals surface area contributed by atoms with E-state index in [2.05, 4.69) is 42.1 Å². The number of nitrogens with zero attached hydrogens (tertiary/aromatic N) is 4. The maximum absolute atomic E-state index is 13.3. The van der Waals surface area contributed by atoms with E-state index in [0.717, 1.165) is 10.1 Å². The van der Waals surface area contributed by atoms with Gasteiger partial charge in [-0.25, -0.2) is 14.2 Å². The number of carbonyl (C=O) groups excluding carboxylic acids is 1. The van der Waals surface area contributed by atoms with Crippen LogP contribution in [0.15, 0.2) is 58.1 Å². The van der Waals surface area contributed by atoms with Gasteiger partial charge in [0.15, 0.2) is 6.04 Å². The molecule has 0 spiro atoms. The van der Waals surface area contributed by atoms with Gasteiger partial charge in [0.2, 0.25) is 0 Å². The van der Waals surface area contributed by atoms with Crippen molar-refractivity contribution in [2.45, 2.75) is 30.2 Å². The molecule has 0 amide bonds. The summed E-state index contributed by atoms with van der Waals surface area (Å²) in [5.41, 5.74) is 0.439. The molecule has 10 heteroatoms. The van der Waals surface area contributed by atoms with Crippen LogP contribution in [0.2, 0.25) is 0 Å². The van der Waals surface area contributed by atoms with Crippen LogP contribution in [-0.4, -0.2) is 32.1 Å². The molecular weight excluding hydrogens is 556 g/mol. The van der Waals surface area contributed by atoms with Gasteiger partial charge in [0.1, 0.15) is 0 Å². The molecule has 8 nitrogen and oxygen atoms in total. The molecule has 0 N–H and O–H groups in total. The van der Waals surface area contributed by atoms with Gasteiger partial charge in [-0.05, 0) is 19.1 Å². The summed E-state index contributed by atoms with van der Waals surface area (Å²) >= 11 is 6.83. The molecule has 33 heavy (non-hydrogen) atoms. The molecule has 0 radical (unpaired) electrons. The van der Waals surface area contributed by atoms with E-state index in [1.165, 1.54) is 4.68 Å². The molecule has 2 aromatic heterocycles. The minimum Gasteiger partial charge on any atom is -0.464 e. The fourth-order valence-electron chi connectivity index (χ4n) is 3.77. The standard InChI is InChI=1S/C23H20Br2N4O4/c1-2-33-23(32)20(29-22(31)17-10-6-4-8-15(17)19(12-25)27-29)13-28-21(30)16-9-5-3-7-14(16)18(11-24)26-28/h3-10,20H,2,11-13H2,1H3. The minimum absolute atomic E-state index is 0.121. The molecule has 2 aromatic carbocycles. The molecule has 0 aliphatic rings. The molecule has 170 valence electrons. The Morgan fingerprint density at radius 2 is 1.39 bits per heavy atom. The van der Waals surface area contributed by atoms with Crippen LogP contribution in [0.4, 0.5) is 0 Å². The molecule has 1 unspecified atom stereocenters. The summed E-state index contributed by atoms with van der Waals surface area (Å²) in [4.78, 5) is 39.5. The van der Waals surface area contributed by atoms with Crippen LogP contribution in [0.25, 0.3) is 21.5 Å². The maximum Gasteiger partial charge on any atom is 0.333 e. The molecule has 0 bridgehead atoms. The van der Waals surface area contributed by atoms with Crippen LogP contribution in [0.3, 0.4) is 0 Å². The number of benzene rings is 2. The van der Waals surface area contributed by atoms with E-state index in [1.807, 2.05) is 24.3 Å². The van der Waals surface area contributed by atoms with Crippen LogP contribution < -0.4 is 11.1 Å². The Labute approximate surface area is 205 Å². The van der Waals surface area contributed by atoms with Crippen molar-refractivity contribution in [3.63, 3.8) is 0 Å². The van der Waals surface area contributed by atoms with Crippen molar-refractivity contribution in [1.82, 2.24) is 19.6 Å². The van der Waals surface area contributed by atoms with Crippen LogP contribution in [0.1, 0.15) is 24.4 Å². The second-order valence-electron chi connectivity index (χ2n) is 7.26. The summed E-state index contributed by atoms with van der Waals surface area (Å²) in [5.74, 6) is -0.662. The average Bonchev–Trinajstić information content (AvgIpc) is 2.84. The summed E-state index contributed by atoms with van der Waals surface area (Å²) in [7, 11) is 0. The first kappa shape index (κ1) is 23.3. The lowest BCUT2D eigenvalue weighted by Gasteiger charge is -2.20. The highest BCUT2D eigenvalue weighted by Gasteiger charge is 2.28. The van der Waals surface area contributed by atoms with Crippen LogP contribution in [0, 0.1) is 0 Å². The van der Waals surface area contributed by atoms with E-state index in [-0.39, 0.29) is 18.7 Å². The third kappa shape index (κ3) is 4.37. The van der Waals surface area contributed by atoms with E-state index in [9.17, 15) is 14.4 Å². The number of rotatable bonds is 7. The fourth-order valence-corrected chi connectivity index (χ4v) is 4.59. The van der Waals surface area contributed by atoms with E-state index in [4.69, 9.17) is 4.74 Å². The number of hydrogen-bond acceptors (Lipinski definition) is 6. The molecule has 0 aliphatic heterocycles. The lowest BCUT2D eigenvalue weighted by atomic mass is 10.1. The molecule has 0 fully saturated rings. The smallest absolute Gasteiger partial charge is 0.333 e. The number of ether oxygens (including phenoxy) is 1. The Morgan fingerprint density at radius 1 is 0.879 bits per heavy atom. The highest BCUT2D eigenvalue weighted by atomic mass is 79.9. The zero-order chi connectivity index (χ0) is 23.5. The Balaban J connectivity index is 1.92. The van der Waals surface area contributed by atoms with Crippen LogP contribution in [0.5, 0.6) is 0 Å². The third-order valence-electron chi connectivity index (χ3n) is 5.30. The normalized spacial score (nSPS) is 12.2. The molecule has 0 aliphatic carbocycles. The predicted molar refractivity (Wildman–Crippen MR) is 133 cm³/mol. The van der Waals surface area contributed by atoms with Gasteiger partial charge in [-0.2, -0.15) is 10.2 Å². The topological polar surface area (TPSA) is 96.1 Å². The summed E-state index contributed by atoms with van der Waals surface area (Å²) in [5, 5.41) is 12.0. The molecular formula is C23H20Br2N4O4. The fraction of sp³-hybridized carbons (Fsp3) is 0.261. The van der Waals surface area contributed by atoms with Crippen molar-refractivity contribution in [2.75, 3.05) is 6.61 Å². The minimum atomic E-state index is -1.17. The number of hydrogen-bond donors (Lipinski definition) is 0. The van der Waals surface area contributed by atoms with Gasteiger partial charge in [0, 0.05) is 21.4 Å². The van der Waals surface area contributed by atoms with Crippen molar-refractivity contribution in [3.8, 4) is 0 Å². The monoisotopic (exact) mass is 574 g/mol. The largest absolute Gasteiger partial charge is 0.464 e. The third-order valence-corrected chi connectivity index (χ3v) is 6.36. The van der Waals surface area contributed by atoms with E-state index in [0.29, 0.717) is 38.2 Å². The molecule has 0 saturated carbocycles. The molecule has 1 atom stereocenters. The summed E-state index contributed by atoms with van der Waals surface area (Å²) in [6.45, 7) is 1.60. The zero-order valence-corrected chi connectivity index (χ0v) is 20.9. The van der Waals surface area contributed by atoms with Crippen molar-refractivity contribution in [3.05, 3.63) is 80.6 Å². The van der Waals surface area contributed by atoms with Crippen LogP contribution >= 0.6 is 31.9 Å². The van der Waals surface area contributed by atoms with Gasteiger partial charge < -0.3 is 4.74 Å². The first-order valence-corrected chi connectivity index (χ1v) is 12.5. The number of aromatic nitrogens is 4. The van der Waals surface area contributed by atoms with Gasteiger partial charge in [-0.1, -0.05) is 68.3 Å². The quantitative estimate of drug-likeness (QED) is 0.246. The number of alkyl halides is 2. The van der Waals surface area contributed by atoms with Crippen molar-refractivity contribution in [1.29, 1.82) is 0 Å². The summed E-state index contributed by atoms with van der Waals surface area (Å²) in [6, 6.07) is 13.0. The Bertz CT molecular complexity index is 1460. The lowest BCUT2D eigenvalue weighted by molar-refractivity contribution is -0.148. The Morgan fingerprint density at radius 3 is 1.94 bits per heavy atom. The first-order valence-electron chi connectivity index (χ1n) is 10.3. The summed E-state index contributed by atoms with van der Waals surface area (Å²) in [6.07, 6.45) is 0. The van der Waals surface area contributed by atoms with Crippen molar-refractivity contribution in [2.24, 2.45) is 0 Å². The first-order chi connectivity index (χ1) is 16.0. The van der Waals surface area contributed by atoms with Gasteiger partial charge in [0.25, 0.3) is 11.1 Å². The number of fused-ring (bicyclic) bond motifs is 2. The SMILES string of the molecule is CCOC(=O)C(Cn1nc(CBr)c2ccccc2c1=O)n1nc(CBr)c2ccccc2c1=O. The van der Waals surface area contributed by atoms with Gasteiger partial charge in [0.05, 0.1) is 35.3 Å². The van der Waals surface area contributed by atoms with Crippen molar-refractivity contribution < 1.29 is 9.53 Å². The number of carbonyl (C=O) groups is 1.